The first kappa shape index (κ1) is 23.8. The lowest BCUT2D eigenvalue weighted by Crippen LogP contribution is -2.53. The Balaban J connectivity index is 1.73. The second-order valence-electron chi connectivity index (χ2n) is 9.77. The summed E-state index contributed by atoms with van der Waals surface area (Å²) < 4.78 is 49.4. The van der Waals surface area contributed by atoms with Gasteiger partial charge in [-0.05, 0) is 76.3 Å². The first-order chi connectivity index (χ1) is 15.5. The number of hydrogen-bond acceptors (Lipinski definition) is 6. The summed E-state index contributed by atoms with van der Waals surface area (Å²) in [6.07, 6.45) is 12.1. The number of ether oxygens (including phenoxy) is 1. The molecule has 1 spiro atoms. The molecule has 1 aromatic rings. The number of esters is 1. The number of hydrogen-bond donors (Lipinski definition) is 1. The number of rotatable bonds is 7. The van der Waals surface area contributed by atoms with Gasteiger partial charge in [0, 0.05) is 11.8 Å². The van der Waals surface area contributed by atoms with E-state index in [1.165, 1.54) is 12.5 Å². The molecule has 0 saturated heterocycles. The van der Waals surface area contributed by atoms with Crippen molar-refractivity contribution in [3.05, 3.63) is 58.8 Å². The van der Waals surface area contributed by atoms with Gasteiger partial charge in [-0.2, -0.15) is 8.42 Å². The summed E-state index contributed by atoms with van der Waals surface area (Å²) in [6, 6.07) is 1.95. The molecule has 1 saturated carbocycles. The quantitative estimate of drug-likeness (QED) is 0.329. The highest BCUT2D eigenvalue weighted by Crippen LogP contribution is 2.59. The van der Waals surface area contributed by atoms with Crippen LogP contribution in [-0.2, 0) is 30.5 Å². The molecule has 1 aliphatic heterocycles. The van der Waals surface area contributed by atoms with Crippen molar-refractivity contribution in [2.45, 2.75) is 65.4 Å². The third-order valence-electron chi connectivity index (χ3n) is 7.53. The van der Waals surface area contributed by atoms with Crippen LogP contribution in [0.15, 0.2) is 57.6 Å². The van der Waals surface area contributed by atoms with Gasteiger partial charge in [0.05, 0.1) is 18.1 Å². The number of allylic oxidation sites excluding steroid dienone is 2. The average Bonchev–Trinajstić information content (AvgIpc) is 3.42. The van der Waals surface area contributed by atoms with Gasteiger partial charge in [0.1, 0.15) is 0 Å². The summed E-state index contributed by atoms with van der Waals surface area (Å²) in [7, 11) is -4.83. The maximum Gasteiger partial charge on any atom is 0.446 e. The standard InChI is InChI=1S/C25H32O7S/c1-15(6-5-7-19-10-11-30-14-19)12-20-13-17(3)21-9-8-16(2)22(21)25(20)23(32-33(27,28)29)18(4)24(26)31-25/h10-14,16,20-22H,5-9H2,1-4H3,(H,27,28,29)/t16-,20+,21-,22+,25-/m0/s1. The van der Waals surface area contributed by atoms with Crippen LogP contribution in [0.3, 0.4) is 0 Å². The van der Waals surface area contributed by atoms with Crippen LogP contribution in [0.4, 0.5) is 0 Å². The fraction of sp³-hybridized carbons (Fsp3) is 0.560. The van der Waals surface area contributed by atoms with Crippen molar-refractivity contribution >= 4 is 16.4 Å². The summed E-state index contributed by atoms with van der Waals surface area (Å²) in [5.74, 6) is -0.864. The molecule has 1 fully saturated rings. The Kier molecular flexibility index (Phi) is 6.35. The maximum atomic E-state index is 12.8. The predicted molar refractivity (Wildman–Crippen MR) is 122 cm³/mol. The van der Waals surface area contributed by atoms with Gasteiger partial charge in [-0.1, -0.05) is 30.2 Å². The van der Waals surface area contributed by atoms with E-state index < -0.39 is 27.9 Å². The van der Waals surface area contributed by atoms with Crippen LogP contribution in [-0.4, -0.2) is 24.5 Å². The van der Waals surface area contributed by atoms with Gasteiger partial charge in [-0.25, -0.2) is 4.79 Å². The summed E-state index contributed by atoms with van der Waals surface area (Å²) >= 11 is 0. The fourth-order valence-electron chi connectivity index (χ4n) is 6.09. The average molecular weight is 477 g/mol. The molecule has 1 aromatic heterocycles. The highest BCUT2D eigenvalue weighted by molar-refractivity contribution is 7.81. The van der Waals surface area contributed by atoms with Gasteiger partial charge in [0.25, 0.3) is 0 Å². The van der Waals surface area contributed by atoms with Crippen LogP contribution >= 0.6 is 0 Å². The fourth-order valence-corrected chi connectivity index (χ4v) is 6.55. The Morgan fingerprint density at radius 3 is 2.76 bits per heavy atom. The van der Waals surface area contributed by atoms with E-state index in [0.717, 1.165) is 43.2 Å². The van der Waals surface area contributed by atoms with E-state index in [1.54, 1.807) is 12.5 Å². The molecule has 0 amide bonds. The molecular formula is C25H32O7S. The Bertz CT molecular complexity index is 1110. The molecule has 5 atom stereocenters. The zero-order valence-electron chi connectivity index (χ0n) is 19.5. The molecule has 3 aliphatic rings. The van der Waals surface area contributed by atoms with Crippen LogP contribution in [0.1, 0.15) is 58.9 Å². The van der Waals surface area contributed by atoms with Crippen LogP contribution in [0.25, 0.3) is 0 Å². The first-order valence-electron chi connectivity index (χ1n) is 11.5. The highest BCUT2D eigenvalue weighted by atomic mass is 32.3. The van der Waals surface area contributed by atoms with Crippen molar-refractivity contribution < 1.29 is 31.1 Å². The third-order valence-corrected chi connectivity index (χ3v) is 7.91. The van der Waals surface area contributed by atoms with Crippen LogP contribution < -0.4 is 0 Å². The van der Waals surface area contributed by atoms with Crippen molar-refractivity contribution in [3.8, 4) is 0 Å². The van der Waals surface area contributed by atoms with Crippen LogP contribution in [0, 0.1) is 23.7 Å². The zero-order valence-corrected chi connectivity index (χ0v) is 20.4. The summed E-state index contributed by atoms with van der Waals surface area (Å²) in [5, 5.41) is 0. The third kappa shape index (κ3) is 4.43. The molecule has 2 heterocycles. The van der Waals surface area contributed by atoms with E-state index in [0.29, 0.717) is 0 Å². The monoisotopic (exact) mass is 476 g/mol. The van der Waals surface area contributed by atoms with E-state index in [1.807, 2.05) is 13.0 Å². The van der Waals surface area contributed by atoms with Gasteiger partial charge < -0.3 is 13.3 Å². The molecule has 0 unspecified atom stereocenters. The van der Waals surface area contributed by atoms with Crippen LogP contribution in [0.5, 0.6) is 0 Å². The minimum absolute atomic E-state index is 0.0741. The molecular weight excluding hydrogens is 444 g/mol. The lowest BCUT2D eigenvalue weighted by molar-refractivity contribution is -0.160. The van der Waals surface area contributed by atoms with Gasteiger partial charge >= 0.3 is 16.4 Å². The molecule has 1 N–H and O–H groups in total. The number of carbonyl (C=O) groups excluding carboxylic acids is 1. The topological polar surface area (TPSA) is 103 Å². The second kappa shape index (κ2) is 8.80. The van der Waals surface area contributed by atoms with E-state index in [-0.39, 0.29) is 29.1 Å². The largest absolute Gasteiger partial charge is 0.472 e. The van der Waals surface area contributed by atoms with E-state index >= 15 is 0 Å². The van der Waals surface area contributed by atoms with Crippen LogP contribution in [0.2, 0.25) is 0 Å². The lowest BCUT2D eigenvalue weighted by atomic mass is 9.62. The smallest absolute Gasteiger partial charge is 0.446 e. The molecule has 0 bridgehead atoms. The minimum atomic E-state index is -4.83. The number of furan rings is 1. The van der Waals surface area contributed by atoms with Crippen molar-refractivity contribution in [2.24, 2.45) is 23.7 Å². The highest BCUT2D eigenvalue weighted by Gasteiger charge is 2.64. The van der Waals surface area contributed by atoms with Gasteiger partial charge in [-0.3, -0.25) is 4.55 Å². The molecule has 180 valence electrons. The number of carbonyl (C=O) groups is 1. The molecule has 0 radical (unpaired) electrons. The normalized spacial score (nSPS) is 32.2. The number of aryl methyl sites for hydroxylation is 1. The summed E-state index contributed by atoms with van der Waals surface area (Å²) in [4.78, 5) is 12.8. The second-order valence-corrected chi connectivity index (χ2v) is 10.8. The van der Waals surface area contributed by atoms with Crippen molar-refractivity contribution in [1.82, 2.24) is 0 Å². The summed E-state index contributed by atoms with van der Waals surface area (Å²) in [6.45, 7) is 7.73. The van der Waals surface area contributed by atoms with Crippen molar-refractivity contribution in [2.75, 3.05) is 0 Å². The van der Waals surface area contributed by atoms with Gasteiger partial charge in [-0.15, -0.1) is 0 Å². The Hall–Kier alpha value is -2.32. The first-order valence-corrected chi connectivity index (χ1v) is 12.9. The van der Waals surface area contributed by atoms with E-state index in [9.17, 15) is 17.8 Å². The zero-order chi connectivity index (χ0) is 24.0. The molecule has 7 nitrogen and oxygen atoms in total. The molecule has 4 rings (SSSR count). The lowest BCUT2D eigenvalue weighted by Gasteiger charge is -2.47. The van der Waals surface area contributed by atoms with Gasteiger partial charge in [0.15, 0.2) is 11.4 Å². The summed E-state index contributed by atoms with van der Waals surface area (Å²) in [5.41, 5.74) is 2.27. The minimum Gasteiger partial charge on any atom is -0.472 e. The Morgan fingerprint density at radius 2 is 2.09 bits per heavy atom. The van der Waals surface area contributed by atoms with E-state index in [2.05, 4.69) is 26.0 Å². The van der Waals surface area contributed by atoms with Crippen molar-refractivity contribution in [3.63, 3.8) is 0 Å². The molecule has 0 aromatic carbocycles. The van der Waals surface area contributed by atoms with E-state index in [4.69, 9.17) is 13.3 Å². The Labute approximate surface area is 195 Å². The Morgan fingerprint density at radius 1 is 1.33 bits per heavy atom. The molecule has 2 aliphatic carbocycles. The number of fused-ring (bicyclic) bond motifs is 2. The maximum absolute atomic E-state index is 12.8. The van der Waals surface area contributed by atoms with Gasteiger partial charge in [0.2, 0.25) is 0 Å². The molecule has 33 heavy (non-hydrogen) atoms. The molecule has 8 heteroatoms. The van der Waals surface area contributed by atoms with Crippen molar-refractivity contribution in [1.29, 1.82) is 0 Å². The predicted octanol–water partition coefficient (Wildman–Crippen LogP) is 5.18. The SMILES string of the molecule is CC(=C[C@@H]1C=C(C)[C@@H]2CC[C@H](C)[C@H]2[C@@]12OC(=O)C(C)=C2OS(=O)(=O)O)CCCc1ccoc1.